The summed E-state index contributed by atoms with van der Waals surface area (Å²) in [7, 11) is 0. The fourth-order valence-corrected chi connectivity index (χ4v) is 3.06. The summed E-state index contributed by atoms with van der Waals surface area (Å²) in [6.07, 6.45) is 1.84. The van der Waals surface area contributed by atoms with Gasteiger partial charge in [0.15, 0.2) is 0 Å². The molecule has 2 aliphatic rings. The monoisotopic (exact) mass is 238 g/mol. The fourth-order valence-electron chi connectivity index (χ4n) is 2.19. The van der Waals surface area contributed by atoms with Crippen molar-refractivity contribution in [2.75, 3.05) is 18.8 Å². The number of hydrogen-bond donors (Lipinski definition) is 2. The molecule has 1 unspecified atom stereocenters. The molecule has 1 fully saturated rings. The third-order valence-corrected chi connectivity index (χ3v) is 3.92. The van der Waals surface area contributed by atoms with Crippen molar-refractivity contribution in [2.45, 2.75) is 18.3 Å². The Bertz CT molecular complexity index is 417. The van der Waals surface area contributed by atoms with Gasteiger partial charge in [-0.25, -0.2) is 4.98 Å². The highest BCUT2D eigenvalue weighted by atomic mass is 32.2. The Hall–Kier alpha value is -1.01. The molecule has 3 rings (SSSR count). The summed E-state index contributed by atoms with van der Waals surface area (Å²) in [5.74, 6) is 3.21. The van der Waals surface area contributed by atoms with Gasteiger partial charge >= 0.3 is 0 Å². The zero-order valence-electron chi connectivity index (χ0n) is 8.90. The number of amides is 1. The van der Waals surface area contributed by atoms with Crippen LogP contribution in [0, 0.1) is 0 Å². The molecule has 0 spiro atoms. The summed E-state index contributed by atoms with van der Waals surface area (Å²) in [5, 5.41) is 6.12. The van der Waals surface area contributed by atoms with Gasteiger partial charge in [-0.3, -0.25) is 10.1 Å². The zero-order chi connectivity index (χ0) is 11.0. The van der Waals surface area contributed by atoms with Crippen molar-refractivity contribution in [1.29, 1.82) is 0 Å². The molecule has 1 atom stereocenters. The van der Waals surface area contributed by atoms with Crippen molar-refractivity contribution >= 4 is 17.7 Å². The summed E-state index contributed by atoms with van der Waals surface area (Å²) in [6, 6.07) is -0.224. The zero-order valence-corrected chi connectivity index (χ0v) is 9.72. The molecule has 6 heteroatoms. The molecule has 5 nitrogen and oxygen atoms in total. The van der Waals surface area contributed by atoms with Crippen LogP contribution in [0.15, 0.2) is 6.20 Å². The Labute approximate surface area is 98.0 Å². The number of piperazine rings is 1. The van der Waals surface area contributed by atoms with Gasteiger partial charge < -0.3 is 9.88 Å². The number of thioether (sulfide) groups is 1. The van der Waals surface area contributed by atoms with E-state index in [1.807, 2.05) is 18.0 Å². The number of hydrogen-bond acceptors (Lipinski definition) is 4. The summed E-state index contributed by atoms with van der Waals surface area (Å²) in [5.41, 5.74) is 1.01. The highest BCUT2D eigenvalue weighted by Crippen LogP contribution is 2.24. The number of nitrogens with one attached hydrogen (secondary N) is 2. The van der Waals surface area contributed by atoms with Crippen LogP contribution in [0.5, 0.6) is 0 Å². The van der Waals surface area contributed by atoms with Crippen molar-refractivity contribution < 1.29 is 4.79 Å². The lowest BCUT2D eigenvalue weighted by Gasteiger charge is -2.25. The second-order valence-corrected chi connectivity index (χ2v) is 5.09. The van der Waals surface area contributed by atoms with Crippen LogP contribution in [-0.4, -0.2) is 34.3 Å². The van der Waals surface area contributed by atoms with E-state index in [4.69, 9.17) is 0 Å². The van der Waals surface area contributed by atoms with E-state index < -0.39 is 0 Å². The number of rotatable bonds is 1. The average Bonchev–Trinajstić information content (AvgIpc) is 2.74. The number of carbonyl (C=O) groups is 1. The molecule has 1 aromatic heterocycles. The predicted octanol–water partition coefficient (Wildman–Crippen LogP) is -0.110. The molecule has 0 aliphatic carbocycles. The van der Waals surface area contributed by atoms with E-state index in [1.54, 1.807) is 0 Å². The van der Waals surface area contributed by atoms with Crippen LogP contribution in [-0.2, 0) is 17.1 Å². The highest BCUT2D eigenvalue weighted by molar-refractivity contribution is 7.98. The largest absolute Gasteiger partial charge is 0.353 e. The molecule has 0 saturated carbocycles. The first kappa shape index (κ1) is 10.2. The van der Waals surface area contributed by atoms with Gasteiger partial charge in [0.1, 0.15) is 11.9 Å². The van der Waals surface area contributed by atoms with Crippen LogP contribution in [0.2, 0.25) is 0 Å². The first-order valence-corrected chi connectivity index (χ1v) is 6.65. The van der Waals surface area contributed by atoms with E-state index in [1.165, 1.54) is 0 Å². The SMILES string of the molecule is O=C1NCCNC1c1cnc2n1CCSC2. The molecule has 1 amide bonds. The Morgan fingerprint density at radius 2 is 2.44 bits per heavy atom. The van der Waals surface area contributed by atoms with E-state index >= 15 is 0 Å². The van der Waals surface area contributed by atoms with Gasteiger partial charge in [0.2, 0.25) is 5.91 Å². The minimum Gasteiger partial charge on any atom is -0.353 e. The Morgan fingerprint density at radius 1 is 1.50 bits per heavy atom. The van der Waals surface area contributed by atoms with Gasteiger partial charge in [0, 0.05) is 25.4 Å². The maximum atomic E-state index is 11.8. The Balaban J connectivity index is 1.93. The third kappa shape index (κ3) is 1.62. The van der Waals surface area contributed by atoms with E-state index in [0.29, 0.717) is 6.54 Å². The molecular formula is C10H14N4OS. The maximum absolute atomic E-state index is 11.8. The smallest absolute Gasteiger partial charge is 0.243 e. The minimum absolute atomic E-state index is 0.0622. The van der Waals surface area contributed by atoms with Gasteiger partial charge in [-0.05, 0) is 0 Å². The molecule has 16 heavy (non-hydrogen) atoms. The van der Waals surface area contributed by atoms with Gasteiger partial charge in [0.25, 0.3) is 0 Å². The Morgan fingerprint density at radius 3 is 3.31 bits per heavy atom. The summed E-state index contributed by atoms with van der Waals surface area (Å²) in [6.45, 7) is 2.50. The quantitative estimate of drug-likeness (QED) is 0.717. The lowest BCUT2D eigenvalue weighted by atomic mass is 10.1. The minimum atomic E-state index is -0.224. The van der Waals surface area contributed by atoms with Crippen molar-refractivity contribution in [3.05, 3.63) is 17.7 Å². The van der Waals surface area contributed by atoms with Gasteiger partial charge in [0.05, 0.1) is 17.6 Å². The summed E-state index contributed by atoms with van der Waals surface area (Å²) in [4.78, 5) is 16.1. The first-order chi connectivity index (χ1) is 7.86. The molecule has 1 aromatic rings. The molecule has 0 radical (unpaired) electrons. The lowest BCUT2D eigenvalue weighted by Crippen LogP contribution is -2.48. The van der Waals surface area contributed by atoms with Crippen LogP contribution in [0.3, 0.4) is 0 Å². The topological polar surface area (TPSA) is 59.0 Å². The van der Waals surface area contributed by atoms with Crippen LogP contribution < -0.4 is 10.6 Å². The Kier molecular flexibility index (Phi) is 2.61. The summed E-state index contributed by atoms with van der Waals surface area (Å²) < 4.78 is 2.18. The number of imidazole rings is 1. The number of carbonyl (C=O) groups excluding carboxylic acids is 1. The van der Waals surface area contributed by atoms with Gasteiger partial charge in [-0.1, -0.05) is 0 Å². The molecular weight excluding hydrogens is 224 g/mol. The van der Waals surface area contributed by atoms with Crippen LogP contribution in [0.4, 0.5) is 0 Å². The van der Waals surface area contributed by atoms with Crippen molar-refractivity contribution in [3.63, 3.8) is 0 Å². The number of nitrogens with zero attached hydrogens (tertiary/aromatic N) is 2. The van der Waals surface area contributed by atoms with Crippen molar-refractivity contribution in [1.82, 2.24) is 20.2 Å². The summed E-state index contributed by atoms with van der Waals surface area (Å²) >= 11 is 1.89. The van der Waals surface area contributed by atoms with E-state index in [0.717, 1.165) is 36.1 Å². The van der Waals surface area contributed by atoms with E-state index in [-0.39, 0.29) is 11.9 Å². The van der Waals surface area contributed by atoms with Crippen molar-refractivity contribution in [3.8, 4) is 0 Å². The second kappa shape index (κ2) is 4.10. The third-order valence-electron chi connectivity index (χ3n) is 2.99. The molecule has 2 aliphatic heterocycles. The predicted molar refractivity (Wildman–Crippen MR) is 62.1 cm³/mol. The van der Waals surface area contributed by atoms with E-state index in [2.05, 4.69) is 20.2 Å². The average molecular weight is 238 g/mol. The number of aromatic nitrogens is 2. The molecule has 1 saturated heterocycles. The molecule has 0 aromatic carbocycles. The molecule has 86 valence electrons. The van der Waals surface area contributed by atoms with Gasteiger partial charge in [-0.15, -0.1) is 0 Å². The highest BCUT2D eigenvalue weighted by Gasteiger charge is 2.28. The number of fused-ring (bicyclic) bond motifs is 1. The lowest BCUT2D eigenvalue weighted by molar-refractivity contribution is -0.124. The van der Waals surface area contributed by atoms with Gasteiger partial charge in [-0.2, -0.15) is 11.8 Å². The molecule has 0 bridgehead atoms. The van der Waals surface area contributed by atoms with Crippen LogP contribution in [0.25, 0.3) is 0 Å². The first-order valence-electron chi connectivity index (χ1n) is 5.49. The maximum Gasteiger partial charge on any atom is 0.243 e. The fraction of sp³-hybridized carbons (Fsp3) is 0.600. The normalized spacial score (nSPS) is 25.0. The van der Waals surface area contributed by atoms with Crippen LogP contribution >= 0.6 is 11.8 Å². The van der Waals surface area contributed by atoms with Crippen LogP contribution in [0.1, 0.15) is 17.6 Å². The standard InChI is InChI=1S/C10H14N4OS/c15-10-9(11-1-2-12-10)7-5-13-8-6-16-4-3-14(7)8/h5,9,11H,1-4,6H2,(H,12,15). The molecule has 3 heterocycles. The van der Waals surface area contributed by atoms with E-state index in [9.17, 15) is 4.79 Å². The molecule has 2 N–H and O–H groups in total. The van der Waals surface area contributed by atoms with Crippen molar-refractivity contribution in [2.24, 2.45) is 0 Å². The second-order valence-electron chi connectivity index (χ2n) is 3.98.